The molecule has 2 unspecified atom stereocenters. The molecular weight excluding hydrogens is 711 g/mol. The molecule has 0 amide bonds. The van der Waals surface area contributed by atoms with Crippen LogP contribution in [0.4, 0.5) is 22.7 Å². The molecule has 0 saturated heterocycles. The zero-order valence-electron chi connectivity index (χ0n) is 38.5. The molecule has 10 rings (SSSR count). The number of hydrogen-bond donors (Lipinski definition) is 0. The zero-order chi connectivity index (χ0) is 42.0. The average molecular weight is 777 g/mol. The fourth-order valence-corrected chi connectivity index (χ4v) is 12.2. The lowest BCUT2D eigenvalue weighted by molar-refractivity contribution is 0.195. The molecule has 2 nitrogen and oxygen atoms in total. The molecule has 5 aliphatic rings. The first kappa shape index (κ1) is 38.7. The van der Waals surface area contributed by atoms with Gasteiger partial charge in [0.05, 0.1) is 11.2 Å². The number of rotatable bonds is 2. The number of benzene rings is 5. The Morgan fingerprint density at radius 1 is 0.576 bits per heavy atom. The molecule has 1 saturated carbocycles. The van der Waals surface area contributed by atoms with Crippen LogP contribution in [-0.4, -0.2) is 12.3 Å². The minimum atomic E-state index is -0.223. The molecular formula is C56H65BN2. The quantitative estimate of drug-likeness (QED) is 0.165. The number of anilines is 4. The Morgan fingerprint density at radius 2 is 1.19 bits per heavy atom. The SMILES string of the molecule is Cc1cc2c3c(c1)N1c4c(cc(C(C)(C)C)cc4C4(C)CCCCC14C)B3C1=C(c3ccc(C(C)(C)C)cc3C1(C)C)N2c1ccc(C(C)(C)C)cc1-c1ccccc1. The van der Waals surface area contributed by atoms with E-state index in [1.54, 1.807) is 11.0 Å². The number of aryl methyl sites for hydroxylation is 1. The van der Waals surface area contributed by atoms with E-state index in [0.717, 1.165) is 0 Å². The van der Waals surface area contributed by atoms with Crippen LogP contribution in [0.2, 0.25) is 0 Å². The van der Waals surface area contributed by atoms with Crippen LogP contribution in [0, 0.1) is 6.92 Å². The third-order valence-electron chi connectivity index (χ3n) is 15.9. The lowest BCUT2D eigenvalue weighted by Gasteiger charge is -2.53. The van der Waals surface area contributed by atoms with E-state index in [2.05, 4.69) is 198 Å². The van der Waals surface area contributed by atoms with Crippen LogP contribution in [0.5, 0.6) is 0 Å². The molecule has 0 bridgehead atoms. The summed E-state index contributed by atoms with van der Waals surface area (Å²) in [5.74, 6) is 0. The zero-order valence-corrected chi connectivity index (χ0v) is 38.5. The largest absolute Gasteiger partial charge is 0.335 e. The second kappa shape index (κ2) is 12.1. The van der Waals surface area contributed by atoms with Gasteiger partial charge < -0.3 is 9.80 Å². The smallest absolute Gasteiger partial charge is 0.248 e. The van der Waals surface area contributed by atoms with Crippen molar-refractivity contribution in [3.63, 3.8) is 0 Å². The summed E-state index contributed by atoms with van der Waals surface area (Å²) in [6, 6.07) is 36.4. The molecule has 3 heterocycles. The van der Waals surface area contributed by atoms with Crippen molar-refractivity contribution in [1.29, 1.82) is 0 Å². The van der Waals surface area contributed by atoms with Gasteiger partial charge in [0, 0.05) is 44.7 Å². The lowest BCUT2D eigenvalue weighted by atomic mass is 9.30. The van der Waals surface area contributed by atoms with Gasteiger partial charge in [0.25, 0.3) is 0 Å². The second-order valence-electron chi connectivity index (χ2n) is 23.1. The van der Waals surface area contributed by atoms with E-state index in [9.17, 15) is 0 Å². The highest BCUT2D eigenvalue weighted by Gasteiger charge is 2.63. The Balaban J connectivity index is 1.37. The van der Waals surface area contributed by atoms with Crippen molar-refractivity contribution in [1.82, 2.24) is 0 Å². The van der Waals surface area contributed by atoms with E-state index in [1.165, 1.54) is 110 Å². The summed E-state index contributed by atoms with van der Waals surface area (Å²) in [5.41, 5.74) is 23.9. The highest BCUT2D eigenvalue weighted by molar-refractivity contribution is 6.96. The van der Waals surface area contributed by atoms with E-state index in [4.69, 9.17) is 0 Å². The van der Waals surface area contributed by atoms with Crippen LogP contribution >= 0.6 is 0 Å². The van der Waals surface area contributed by atoms with Crippen molar-refractivity contribution in [3.05, 3.63) is 135 Å². The molecule has 5 aromatic carbocycles. The maximum atomic E-state index is 2.91. The third-order valence-corrected chi connectivity index (χ3v) is 15.9. The van der Waals surface area contributed by atoms with Crippen LogP contribution in [0.1, 0.15) is 155 Å². The summed E-state index contributed by atoms with van der Waals surface area (Å²) in [4.78, 5) is 5.65. The highest BCUT2D eigenvalue weighted by atomic mass is 15.3. The molecule has 5 aromatic rings. The van der Waals surface area contributed by atoms with Crippen LogP contribution in [0.15, 0.2) is 96.5 Å². The monoisotopic (exact) mass is 777 g/mol. The van der Waals surface area contributed by atoms with Gasteiger partial charge >= 0.3 is 0 Å². The second-order valence-corrected chi connectivity index (χ2v) is 23.1. The Hall–Kier alpha value is -4.50. The summed E-state index contributed by atoms with van der Waals surface area (Å²) in [7, 11) is 0. The number of hydrogen-bond acceptors (Lipinski definition) is 2. The first-order valence-corrected chi connectivity index (χ1v) is 22.6. The Bertz CT molecular complexity index is 2640. The summed E-state index contributed by atoms with van der Waals surface area (Å²) in [5, 5.41) is 0. The van der Waals surface area contributed by atoms with E-state index in [0.29, 0.717) is 0 Å². The fraction of sp³-hybridized carbons (Fsp3) is 0.429. The van der Waals surface area contributed by atoms with Crippen LogP contribution < -0.4 is 20.7 Å². The number of allylic oxidation sites excluding steroid dienone is 1. The van der Waals surface area contributed by atoms with Crippen molar-refractivity contribution in [2.24, 2.45) is 0 Å². The van der Waals surface area contributed by atoms with E-state index in [-0.39, 0.29) is 39.3 Å². The third kappa shape index (κ3) is 5.18. The normalized spacial score (nSPS) is 22.6. The number of fused-ring (bicyclic) bond motifs is 8. The molecule has 59 heavy (non-hydrogen) atoms. The summed E-state index contributed by atoms with van der Waals surface area (Å²) < 4.78 is 0. The number of nitrogens with zero attached hydrogens (tertiary/aromatic N) is 2. The van der Waals surface area contributed by atoms with E-state index >= 15 is 0 Å². The minimum absolute atomic E-state index is 0.0112. The van der Waals surface area contributed by atoms with Gasteiger partial charge in [-0.15, -0.1) is 0 Å². The van der Waals surface area contributed by atoms with Gasteiger partial charge in [0.1, 0.15) is 0 Å². The topological polar surface area (TPSA) is 6.48 Å². The molecule has 302 valence electrons. The maximum absolute atomic E-state index is 2.91. The fourth-order valence-electron chi connectivity index (χ4n) is 12.2. The highest BCUT2D eigenvalue weighted by Crippen LogP contribution is 2.64. The van der Waals surface area contributed by atoms with E-state index < -0.39 is 0 Å². The predicted octanol–water partition coefficient (Wildman–Crippen LogP) is 13.6. The average Bonchev–Trinajstić information content (AvgIpc) is 3.53. The van der Waals surface area contributed by atoms with Crippen molar-refractivity contribution < 1.29 is 0 Å². The lowest BCUT2D eigenvalue weighted by Crippen LogP contribution is -2.62. The van der Waals surface area contributed by atoms with Crippen LogP contribution in [0.25, 0.3) is 16.8 Å². The molecule has 0 radical (unpaired) electrons. The molecule has 2 aliphatic carbocycles. The Kier molecular flexibility index (Phi) is 7.92. The van der Waals surface area contributed by atoms with Gasteiger partial charge in [0.2, 0.25) is 6.71 Å². The summed E-state index contributed by atoms with van der Waals surface area (Å²) in [6.45, 7) is 34.2. The molecule has 1 fully saturated rings. The Labute approximate surface area is 356 Å². The Morgan fingerprint density at radius 3 is 1.86 bits per heavy atom. The molecule has 0 aromatic heterocycles. The van der Waals surface area contributed by atoms with Gasteiger partial charge in [-0.3, -0.25) is 0 Å². The van der Waals surface area contributed by atoms with Gasteiger partial charge in [-0.2, -0.15) is 0 Å². The van der Waals surface area contributed by atoms with Gasteiger partial charge in [-0.05, 0) is 117 Å². The first-order valence-electron chi connectivity index (χ1n) is 22.6. The first-order chi connectivity index (χ1) is 27.6. The maximum Gasteiger partial charge on any atom is 0.248 e. The molecule has 3 aliphatic heterocycles. The molecule has 2 atom stereocenters. The van der Waals surface area contributed by atoms with Gasteiger partial charge in [-0.1, -0.05) is 168 Å². The summed E-state index contributed by atoms with van der Waals surface area (Å²) >= 11 is 0. The predicted molar refractivity (Wildman–Crippen MR) is 256 cm³/mol. The van der Waals surface area contributed by atoms with Crippen molar-refractivity contribution in [3.8, 4) is 11.1 Å². The van der Waals surface area contributed by atoms with Crippen molar-refractivity contribution >= 4 is 46.1 Å². The van der Waals surface area contributed by atoms with E-state index in [1.807, 2.05) is 0 Å². The van der Waals surface area contributed by atoms with Gasteiger partial charge in [-0.25, -0.2) is 0 Å². The molecule has 3 heteroatoms. The minimum Gasteiger partial charge on any atom is -0.335 e. The molecule has 0 N–H and O–H groups in total. The van der Waals surface area contributed by atoms with Gasteiger partial charge in [0.15, 0.2) is 0 Å². The van der Waals surface area contributed by atoms with Crippen LogP contribution in [0.3, 0.4) is 0 Å². The molecule has 0 spiro atoms. The van der Waals surface area contributed by atoms with Crippen LogP contribution in [-0.2, 0) is 27.1 Å². The van der Waals surface area contributed by atoms with Crippen molar-refractivity contribution in [2.45, 2.75) is 155 Å². The van der Waals surface area contributed by atoms with Crippen molar-refractivity contribution in [2.75, 3.05) is 9.80 Å². The standard InChI is InChI=1S/C56H65BN2/c1-34-28-45-47-46(29-34)59-49-42(55(13)26-18-19-27-56(55,59)14)32-38(53(8,9)10)33-43(49)57(47)50-48(39-24-22-37(52(5,6)7)31-41(39)54(50,11)12)58(45)44-25-23-36(51(2,3)4)30-40(44)35-20-16-15-17-21-35/h15-17,20-25,28-33H,18-19,26-27H2,1-14H3. The summed E-state index contributed by atoms with van der Waals surface area (Å²) in [6.07, 6.45) is 4.99.